The van der Waals surface area contributed by atoms with Crippen LogP contribution in [0, 0.1) is 19.8 Å². The highest BCUT2D eigenvalue weighted by Crippen LogP contribution is 2.24. The number of hydrogen-bond donors (Lipinski definition) is 2. The summed E-state index contributed by atoms with van der Waals surface area (Å²) < 4.78 is 26.6. The maximum Gasteiger partial charge on any atom is 0.241 e. The smallest absolute Gasteiger partial charge is 0.241 e. The average molecular weight is 277 g/mol. The van der Waals surface area contributed by atoms with Crippen LogP contribution in [0.4, 0.5) is 0 Å². The molecule has 0 aliphatic heterocycles. The van der Waals surface area contributed by atoms with Crippen LogP contribution in [0.1, 0.15) is 23.1 Å². The zero-order valence-corrected chi connectivity index (χ0v) is 12.0. The Balaban J connectivity index is 2.73. The standard InChI is InChI=1S/C11H19NO3S2/c1-8(4-5-13)7-12-17(14,15)11-6-9(2)16-10(11)3/h6,8,12-13H,4-5,7H2,1-3H3. The first-order chi connectivity index (χ1) is 7.86. The zero-order chi connectivity index (χ0) is 13.1. The molecule has 0 bridgehead atoms. The van der Waals surface area contributed by atoms with E-state index in [1.54, 1.807) is 6.07 Å². The molecule has 1 atom stereocenters. The van der Waals surface area contributed by atoms with Gasteiger partial charge in [0, 0.05) is 22.9 Å². The third kappa shape index (κ3) is 4.06. The number of thiophene rings is 1. The summed E-state index contributed by atoms with van der Waals surface area (Å²) in [7, 11) is -3.40. The fourth-order valence-corrected chi connectivity index (χ4v) is 4.24. The molecule has 0 aliphatic rings. The largest absolute Gasteiger partial charge is 0.396 e. The summed E-state index contributed by atoms with van der Waals surface area (Å²) in [6, 6.07) is 1.69. The van der Waals surface area contributed by atoms with E-state index in [4.69, 9.17) is 5.11 Å². The molecular formula is C11H19NO3S2. The first kappa shape index (κ1) is 14.6. The predicted octanol–water partition coefficient (Wildman–Crippen LogP) is 1.66. The lowest BCUT2D eigenvalue weighted by Crippen LogP contribution is -2.28. The molecule has 0 saturated carbocycles. The van der Waals surface area contributed by atoms with E-state index in [-0.39, 0.29) is 12.5 Å². The zero-order valence-electron chi connectivity index (χ0n) is 10.4. The molecular weight excluding hydrogens is 258 g/mol. The molecule has 1 rings (SSSR count). The molecule has 0 aromatic carbocycles. The Kier molecular flexibility index (Phi) is 5.12. The number of aliphatic hydroxyl groups is 1. The van der Waals surface area contributed by atoms with Gasteiger partial charge >= 0.3 is 0 Å². The second kappa shape index (κ2) is 5.95. The van der Waals surface area contributed by atoms with E-state index in [9.17, 15) is 8.42 Å². The van der Waals surface area contributed by atoms with Gasteiger partial charge in [-0.05, 0) is 32.3 Å². The molecule has 17 heavy (non-hydrogen) atoms. The Morgan fingerprint density at radius 3 is 2.59 bits per heavy atom. The highest BCUT2D eigenvalue weighted by Gasteiger charge is 2.19. The summed E-state index contributed by atoms with van der Waals surface area (Å²) in [4.78, 5) is 2.17. The van der Waals surface area contributed by atoms with Crippen molar-refractivity contribution < 1.29 is 13.5 Å². The molecule has 2 N–H and O–H groups in total. The van der Waals surface area contributed by atoms with Crippen LogP contribution in [0.2, 0.25) is 0 Å². The van der Waals surface area contributed by atoms with Crippen molar-refractivity contribution in [1.29, 1.82) is 0 Å². The van der Waals surface area contributed by atoms with Crippen LogP contribution in [0.25, 0.3) is 0 Å². The van der Waals surface area contributed by atoms with Crippen molar-refractivity contribution in [2.45, 2.75) is 32.1 Å². The average Bonchev–Trinajstić information content (AvgIpc) is 2.56. The summed E-state index contributed by atoms with van der Waals surface area (Å²) in [5.74, 6) is 0.134. The molecule has 0 saturated heterocycles. The van der Waals surface area contributed by atoms with Crippen molar-refractivity contribution >= 4 is 21.4 Å². The second-order valence-electron chi connectivity index (χ2n) is 4.25. The first-order valence-electron chi connectivity index (χ1n) is 5.54. The fourth-order valence-electron chi connectivity index (χ4n) is 1.53. The minimum absolute atomic E-state index is 0.0828. The van der Waals surface area contributed by atoms with E-state index in [2.05, 4.69) is 4.72 Å². The van der Waals surface area contributed by atoms with Gasteiger partial charge in [-0.25, -0.2) is 13.1 Å². The summed E-state index contributed by atoms with van der Waals surface area (Å²) >= 11 is 1.48. The molecule has 0 fully saturated rings. The Bertz CT molecular complexity index is 465. The Hall–Kier alpha value is -0.430. The highest BCUT2D eigenvalue weighted by atomic mass is 32.2. The Labute approximate surface area is 107 Å². The van der Waals surface area contributed by atoms with Crippen molar-refractivity contribution in [1.82, 2.24) is 4.72 Å². The van der Waals surface area contributed by atoms with Gasteiger partial charge < -0.3 is 5.11 Å². The van der Waals surface area contributed by atoms with Crippen molar-refractivity contribution in [2.24, 2.45) is 5.92 Å². The van der Waals surface area contributed by atoms with Crippen molar-refractivity contribution in [2.75, 3.05) is 13.2 Å². The predicted molar refractivity (Wildman–Crippen MR) is 69.8 cm³/mol. The number of nitrogens with one attached hydrogen (secondary N) is 1. The highest BCUT2D eigenvalue weighted by molar-refractivity contribution is 7.89. The van der Waals surface area contributed by atoms with Crippen LogP contribution in [0.5, 0.6) is 0 Å². The Morgan fingerprint density at radius 1 is 1.47 bits per heavy atom. The van der Waals surface area contributed by atoms with Gasteiger partial charge in [0.15, 0.2) is 0 Å². The van der Waals surface area contributed by atoms with Crippen molar-refractivity contribution in [3.05, 3.63) is 15.8 Å². The fraction of sp³-hybridized carbons (Fsp3) is 0.636. The van der Waals surface area contributed by atoms with Gasteiger partial charge in [0.25, 0.3) is 0 Å². The van der Waals surface area contributed by atoms with Crippen LogP contribution >= 0.6 is 11.3 Å². The van der Waals surface area contributed by atoms with Crippen LogP contribution in [0.15, 0.2) is 11.0 Å². The molecule has 98 valence electrons. The van der Waals surface area contributed by atoms with Gasteiger partial charge in [0.1, 0.15) is 0 Å². The summed E-state index contributed by atoms with van der Waals surface area (Å²) in [5, 5.41) is 8.76. The quantitative estimate of drug-likeness (QED) is 0.831. The minimum Gasteiger partial charge on any atom is -0.396 e. The van der Waals surface area contributed by atoms with Crippen LogP contribution in [-0.2, 0) is 10.0 Å². The summed E-state index contributed by atoms with van der Waals surface area (Å²) in [6.07, 6.45) is 0.601. The van der Waals surface area contributed by atoms with Gasteiger partial charge in [-0.3, -0.25) is 0 Å². The maximum atomic E-state index is 12.0. The lowest BCUT2D eigenvalue weighted by molar-refractivity contribution is 0.263. The first-order valence-corrected chi connectivity index (χ1v) is 7.84. The van der Waals surface area contributed by atoms with Gasteiger partial charge in [-0.1, -0.05) is 6.92 Å². The van der Waals surface area contributed by atoms with Gasteiger partial charge in [0.2, 0.25) is 10.0 Å². The third-order valence-electron chi connectivity index (χ3n) is 2.53. The monoisotopic (exact) mass is 277 g/mol. The number of sulfonamides is 1. The van der Waals surface area contributed by atoms with E-state index < -0.39 is 10.0 Å². The lowest BCUT2D eigenvalue weighted by atomic mass is 10.1. The number of rotatable bonds is 6. The Morgan fingerprint density at radius 2 is 2.12 bits per heavy atom. The summed E-state index contributed by atoms with van der Waals surface area (Å²) in [6.45, 7) is 6.05. The number of hydrogen-bond acceptors (Lipinski definition) is 4. The van der Waals surface area contributed by atoms with Crippen LogP contribution in [0.3, 0.4) is 0 Å². The van der Waals surface area contributed by atoms with Crippen LogP contribution in [-0.4, -0.2) is 26.7 Å². The van der Waals surface area contributed by atoms with Crippen LogP contribution < -0.4 is 4.72 Å². The maximum absolute atomic E-state index is 12.0. The molecule has 0 radical (unpaired) electrons. The molecule has 1 unspecified atom stereocenters. The second-order valence-corrected chi connectivity index (χ2v) is 7.44. The molecule has 0 spiro atoms. The SMILES string of the molecule is Cc1cc(S(=O)(=O)NCC(C)CCO)c(C)s1. The van der Waals surface area contributed by atoms with E-state index in [1.807, 2.05) is 20.8 Å². The van der Waals surface area contributed by atoms with E-state index >= 15 is 0 Å². The number of aryl methyl sites for hydroxylation is 2. The lowest BCUT2D eigenvalue weighted by Gasteiger charge is -2.11. The van der Waals surface area contributed by atoms with Gasteiger partial charge in [0.05, 0.1) is 4.90 Å². The summed E-state index contributed by atoms with van der Waals surface area (Å²) in [5.41, 5.74) is 0. The van der Waals surface area contributed by atoms with E-state index in [1.165, 1.54) is 11.3 Å². The topological polar surface area (TPSA) is 66.4 Å². The molecule has 1 aromatic heterocycles. The molecule has 1 heterocycles. The normalized spacial score (nSPS) is 13.9. The van der Waals surface area contributed by atoms with Gasteiger partial charge in [-0.2, -0.15) is 0 Å². The molecule has 6 heteroatoms. The van der Waals surface area contributed by atoms with E-state index in [0.29, 0.717) is 17.9 Å². The van der Waals surface area contributed by atoms with Crippen molar-refractivity contribution in [3.8, 4) is 0 Å². The molecule has 0 amide bonds. The van der Waals surface area contributed by atoms with Crippen molar-refractivity contribution in [3.63, 3.8) is 0 Å². The van der Waals surface area contributed by atoms with E-state index in [0.717, 1.165) is 9.75 Å². The molecule has 4 nitrogen and oxygen atoms in total. The number of aliphatic hydroxyl groups excluding tert-OH is 1. The minimum atomic E-state index is -3.40. The molecule has 1 aromatic rings. The molecule has 0 aliphatic carbocycles. The van der Waals surface area contributed by atoms with Gasteiger partial charge in [-0.15, -0.1) is 11.3 Å². The third-order valence-corrected chi connectivity index (χ3v) is 5.17.